The number of piperidine rings is 2. The van der Waals surface area contributed by atoms with Crippen molar-refractivity contribution in [1.29, 1.82) is 0 Å². The maximum Gasteiger partial charge on any atom is 0.317 e. The van der Waals surface area contributed by atoms with Crippen molar-refractivity contribution < 1.29 is 18.0 Å². The molecule has 2 N–H and O–H groups in total. The van der Waals surface area contributed by atoms with Gasteiger partial charge >= 0.3 is 6.03 Å². The third-order valence-corrected chi connectivity index (χ3v) is 9.54. The maximum atomic E-state index is 13.6. The van der Waals surface area contributed by atoms with Gasteiger partial charge in [0, 0.05) is 38.8 Å². The highest BCUT2D eigenvalue weighted by atomic mass is 32.2. The van der Waals surface area contributed by atoms with E-state index < -0.39 is 26.1 Å². The van der Waals surface area contributed by atoms with Gasteiger partial charge in [0.25, 0.3) is 0 Å². The normalized spacial score (nSPS) is 21.3. The average molecular weight is 505 g/mol. The summed E-state index contributed by atoms with van der Waals surface area (Å²) in [6.07, 6.45) is 2.85. The van der Waals surface area contributed by atoms with E-state index in [1.54, 1.807) is 9.21 Å². The number of sulfonamides is 1. The molecular weight excluding hydrogens is 464 g/mol. The lowest BCUT2D eigenvalue weighted by Crippen LogP contribution is -2.66. The Kier molecular flexibility index (Phi) is 8.32. The van der Waals surface area contributed by atoms with Crippen LogP contribution in [0, 0.1) is 10.8 Å². The Hall–Kier alpha value is -2.39. The predicted octanol–water partition coefficient (Wildman–Crippen LogP) is 2.77. The van der Waals surface area contributed by atoms with Gasteiger partial charge in [0.1, 0.15) is 0 Å². The molecular formula is C26H40N4O4S. The first-order chi connectivity index (χ1) is 16.4. The molecule has 2 saturated heterocycles. The van der Waals surface area contributed by atoms with Crippen molar-refractivity contribution in [3.63, 3.8) is 0 Å². The summed E-state index contributed by atoms with van der Waals surface area (Å²) in [5.41, 5.74) is 0.260. The lowest BCUT2D eigenvalue weighted by molar-refractivity contribution is -0.120. The Morgan fingerprint density at radius 2 is 1.63 bits per heavy atom. The summed E-state index contributed by atoms with van der Waals surface area (Å²) in [5.74, 6) is -0.248. The molecule has 1 aromatic carbocycles. The molecule has 0 spiro atoms. The zero-order valence-electron chi connectivity index (χ0n) is 21.4. The Morgan fingerprint density at radius 1 is 1.06 bits per heavy atom. The monoisotopic (exact) mass is 504 g/mol. The Morgan fingerprint density at radius 3 is 2.17 bits per heavy atom. The summed E-state index contributed by atoms with van der Waals surface area (Å²) in [7, 11) is -3.54. The number of urea groups is 1. The van der Waals surface area contributed by atoms with Crippen LogP contribution in [-0.4, -0.2) is 73.6 Å². The molecule has 0 bridgehead atoms. The molecule has 0 radical (unpaired) electrons. The zero-order chi connectivity index (χ0) is 25.9. The van der Waals surface area contributed by atoms with Gasteiger partial charge in [-0.2, -0.15) is 0 Å². The van der Waals surface area contributed by atoms with E-state index in [4.69, 9.17) is 0 Å². The second-order valence-electron chi connectivity index (χ2n) is 11.1. The van der Waals surface area contributed by atoms with E-state index >= 15 is 0 Å². The molecule has 9 heteroatoms. The van der Waals surface area contributed by atoms with Crippen LogP contribution in [0.15, 0.2) is 43.0 Å². The fourth-order valence-electron chi connectivity index (χ4n) is 5.61. The molecule has 0 aromatic heterocycles. The zero-order valence-corrected chi connectivity index (χ0v) is 22.2. The van der Waals surface area contributed by atoms with Crippen LogP contribution < -0.4 is 10.6 Å². The predicted molar refractivity (Wildman–Crippen MR) is 138 cm³/mol. The SMILES string of the molecule is C=CC(=O)NC1C(C)(C)CN(S(=O)(=O)C2CCN(C(=O)NCCc3ccccc3)CC2)CC1(C)C. The Bertz CT molecular complexity index is 997. The number of nitrogens with zero attached hydrogens (tertiary/aromatic N) is 2. The summed E-state index contributed by atoms with van der Waals surface area (Å²) in [6.45, 7) is 13.6. The number of rotatable bonds is 7. The van der Waals surface area contributed by atoms with Crippen LogP contribution in [0.5, 0.6) is 0 Å². The number of hydrogen-bond acceptors (Lipinski definition) is 4. The van der Waals surface area contributed by atoms with Crippen molar-refractivity contribution in [2.24, 2.45) is 10.8 Å². The van der Waals surface area contributed by atoms with Crippen molar-refractivity contribution in [3.8, 4) is 0 Å². The highest BCUT2D eigenvalue weighted by molar-refractivity contribution is 7.89. The average Bonchev–Trinajstić information content (AvgIpc) is 2.81. The quantitative estimate of drug-likeness (QED) is 0.558. The number of carbonyl (C=O) groups is 2. The molecule has 3 amide bonds. The number of hydrogen-bond donors (Lipinski definition) is 2. The van der Waals surface area contributed by atoms with E-state index in [2.05, 4.69) is 17.2 Å². The van der Waals surface area contributed by atoms with Crippen LogP contribution in [0.1, 0.15) is 46.1 Å². The first kappa shape index (κ1) is 27.2. The molecule has 2 heterocycles. The van der Waals surface area contributed by atoms with E-state index in [9.17, 15) is 18.0 Å². The van der Waals surface area contributed by atoms with Gasteiger partial charge in [-0.3, -0.25) is 4.79 Å². The summed E-state index contributed by atoms with van der Waals surface area (Å²) in [6, 6.07) is 9.65. The van der Waals surface area contributed by atoms with Crippen LogP contribution in [0.25, 0.3) is 0 Å². The summed E-state index contributed by atoms with van der Waals surface area (Å²) in [4.78, 5) is 26.3. The third kappa shape index (κ3) is 6.44. The molecule has 3 rings (SSSR count). The third-order valence-electron chi connectivity index (χ3n) is 7.25. The lowest BCUT2D eigenvalue weighted by Gasteiger charge is -2.53. The fourth-order valence-corrected chi connectivity index (χ4v) is 7.87. The number of nitrogens with one attached hydrogen (secondary N) is 2. The van der Waals surface area contributed by atoms with E-state index in [1.807, 2.05) is 58.0 Å². The molecule has 2 aliphatic heterocycles. The molecule has 2 aliphatic rings. The molecule has 1 aromatic rings. The van der Waals surface area contributed by atoms with Crippen LogP contribution in [-0.2, 0) is 21.2 Å². The van der Waals surface area contributed by atoms with Crippen molar-refractivity contribution in [2.45, 2.75) is 58.2 Å². The van der Waals surface area contributed by atoms with E-state index in [0.717, 1.165) is 12.0 Å². The molecule has 0 saturated carbocycles. The van der Waals surface area contributed by atoms with Crippen LogP contribution in [0.3, 0.4) is 0 Å². The standard InChI is InChI=1S/C26H40N4O4S/c1-6-22(31)28-23-25(2,3)18-30(19-26(23,4)5)35(33,34)21-13-16-29(17-14-21)24(32)27-15-12-20-10-8-7-9-11-20/h6-11,21,23H,1,12-19H2,2-5H3,(H,27,32)(H,28,31). The first-order valence-corrected chi connectivity index (χ1v) is 13.9. The van der Waals surface area contributed by atoms with E-state index in [0.29, 0.717) is 45.6 Å². The van der Waals surface area contributed by atoms with Crippen LogP contribution >= 0.6 is 0 Å². The minimum absolute atomic E-state index is 0.141. The molecule has 0 atom stereocenters. The van der Waals surface area contributed by atoms with Crippen molar-refractivity contribution in [1.82, 2.24) is 19.8 Å². The highest BCUT2D eigenvalue weighted by Crippen LogP contribution is 2.42. The largest absolute Gasteiger partial charge is 0.349 e. The number of likely N-dealkylation sites (tertiary alicyclic amines) is 1. The topological polar surface area (TPSA) is 98.8 Å². The number of carbonyl (C=O) groups excluding carboxylic acids is 2. The molecule has 2 fully saturated rings. The van der Waals surface area contributed by atoms with E-state index in [1.165, 1.54) is 6.08 Å². The fraction of sp³-hybridized carbons (Fsp3) is 0.615. The molecule has 8 nitrogen and oxygen atoms in total. The van der Waals surface area contributed by atoms with Gasteiger partial charge in [0.2, 0.25) is 15.9 Å². The summed E-state index contributed by atoms with van der Waals surface area (Å²) >= 11 is 0. The summed E-state index contributed by atoms with van der Waals surface area (Å²) < 4.78 is 28.8. The molecule has 35 heavy (non-hydrogen) atoms. The van der Waals surface area contributed by atoms with Gasteiger partial charge in [0.15, 0.2) is 0 Å². The van der Waals surface area contributed by atoms with Gasteiger partial charge in [-0.1, -0.05) is 64.6 Å². The van der Waals surface area contributed by atoms with Gasteiger partial charge in [-0.05, 0) is 41.7 Å². The lowest BCUT2D eigenvalue weighted by atomic mass is 9.67. The first-order valence-electron chi connectivity index (χ1n) is 12.4. The van der Waals surface area contributed by atoms with Gasteiger partial charge < -0.3 is 15.5 Å². The van der Waals surface area contributed by atoms with Crippen LogP contribution in [0.4, 0.5) is 4.79 Å². The Labute approximate surface area is 210 Å². The van der Waals surface area contributed by atoms with Crippen LogP contribution in [0.2, 0.25) is 0 Å². The minimum Gasteiger partial charge on any atom is -0.349 e. The molecule has 194 valence electrons. The maximum absolute atomic E-state index is 13.6. The van der Waals surface area contributed by atoms with Crippen molar-refractivity contribution in [3.05, 3.63) is 48.6 Å². The second-order valence-corrected chi connectivity index (χ2v) is 13.3. The van der Waals surface area contributed by atoms with E-state index in [-0.39, 0.29) is 18.0 Å². The van der Waals surface area contributed by atoms with Gasteiger partial charge in [-0.25, -0.2) is 17.5 Å². The number of benzene rings is 1. The highest BCUT2D eigenvalue weighted by Gasteiger charge is 2.51. The van der Waals surface area contributed by atoms with Gasteiger partial charge in [-0.15, -0.1) is 0 Å². The Balaban J connectivity index is 1.56. The minimum atomic E-state index is -3.54. The van der Waals surface area contributed by atoms with Gasteiger partial charge in [0.05, 0.1) is 5.25 Å². The second kappa shape index (κ2) is 10.7. The van der Waals surface area contributed by atoms with Crippen molar-refractivity contribution >= 4 is 22.0 Å². The van der Waals surface area contributed by atoms with Crippen molar-refractivity contribution in [2.75, 3.05) is 32.7 Å². The molecule has 0 aliphatic carbocycles. The number of amides is 3. The summed E-state index contributed by atoms with van der Waals surface area (Å²) in [5, 5.41) is 5.45. The molecule has 0 unspecified atom stereocenters. The smallest absolute Gasteiger partial charge is 0.317 e.